The highest BCUT2D eigenvalue weighted by atomic mass is 79.9. The van der Waals surface area contributed by atoms with E-state index in [1.54, 1.807) is 12.3 Å². The SMILES string of the molecule is O=C(O)c1c(Br)nn2cccnc12. The van der Waals surface area contributed by atoms with Crippen molar-refractivity contribution in [3.05, 3.63) is 28.6 Å². The first kappa shape index (κ1) is 8.18. The molecule has 0 aromatic carbocycles. The van der Waals surface area contributed by atoms with Crippen LogP contribution in [-0.4, -0.2) is 25.7 Å². The average Bonchev–Trinajstić information content (AvgIpc) is 2.39. The number of aromatic nitrogens is 3. The summed E-state index contributed by atoms with van der Waals surface area (Å²) < 4.78 is 1.70. The van der Waals surface area contributed by atoms with E-state index < -0.39 is 5.97 Å². The van der Waals surface area contributed by atoms with Crippen LogP contribution in [-0.2, 0) is 0 Å². The molecule has 0 saturated carbocycles. The number of carboxylic acids is 1. The molecule has 0 radical (unpaired) electrons. The molecule has 0 unspecified atom stereocenters. The number of hydrogen-bond donors (Lipinski definition) is 1. The van der Waals surface area contributed by atoms with E-state index in [4.69, 9.17) is 5.11 Å². The van der Waals surface area contributed by atoms with Gasteiger partial charge in [0.05, 0.1) is 0 Å². The second-order valence-electron chi connectivity index (χ2n) is 2.36. The highest BCUT2D eigenvalue weighted by molar-refractivity contribution is 9.10. The van der Waals surface area contributed by atoms with E-state index in [9.17, 15) is 4.79 Å². The minimum absolute atomic E-state index is 0.0839. The van der Waals surface area contributed by atoms with Gasteiger partial charge in [0.1, 0.15) is 10.2 Å². The van der Waals surface area contributed by atoms with Crippen molar-refractivity contribution >= 4 is 27.5 Å². The first-order valence-corrected chi connectivity index (χ1v) is 4.21. The van der Waals surface area contributed by atoms with Crippen molar-refractivity contribution in [1.82, 2.24) is 14.6 Å². The molecule has 2 heterocycles. The second-order valence-corrected chi connectivity index (χ2v) is 3.11. The molecule has 0 aliphatic carbocycles. The van der Waals surface area contributed by atoms with Crippen molar-refractivity contribution in [1.29, 1.82) is 0 Å². The first-order valence-electron chi connectivity index (χ1n) is 3.42. The maximum Gasteiger partial charge on any atom is 0.342 e. The van der Waals surface area contributed by atoms with Crippen molar-refractivity contribution in [2.45, 2.75) is 0 Å². The molecule has 1 N–H and O–H groups in total. The van der Waals surface area contributed by atoms with Crippen LogP contribution in [0.4, 0.5) is 0 Å². The van der Waals surface area contributed by atoms with Gasteiger partial charge < -0.3 is 5.11 Å². The first-order chi connectivity index (χ1) is 6.20. The van der Waals surface area contributed by atoms with Crippen LogP contribution in [0, 0.1) is 0 Å². The van der Waals surface area contributed by atoms with E-state index in [0.717, 1.165) is 0 Å². The lowest BCUT2D eigenvalue weighted by molar-refractivity contribution is 0.0698. The number of aromatic carboxylic acids is 1. The summed E-state index contributed by atoms with van der Waals surface area (Å²) in [7, 11) is 0. The Kier molecular flexibility index (Phi) is 1.77. The third kappa shape index (κ3) is 1.19. The van der Waals surface area contributed by atoms with Gasteiger partial charge in [0.25, 0.3) is 0 Å². The minimum Gasteiger partial charge on any atom is -0.477 e. The molecular weight excluding hydrogens is 238 g/mol. The summed E-state index contributed by atoms with van der Waals surface area (Å²) >= 11 is 3.06. The van der Waals surface area contributed by atoms with Crippen LogP contribution >= 0.6 is 15.9 Å². The van der Waals surface area contributed by atoms with Crippen molar-refractivity contribution in [3.8, 4) is 0 Å². The molecule has 0 aliphatic rings. The molecule has 0 atom stereocenters. The standard InChI is InChI=1S/C7H4BrN3O2/c8-5-4(7(12)13)6-9-2-1-3-11(6)10-5/h1-3H,(H,12,13). The number of hydrogen-bond acceptors (Lipinski definition) is 3. The van der Waals surface area contributed by atoms with Crippen LogP contribution in [0.15, 0.2) is 23.1 Å². The molecule has 2 rings (SSSR count). The Morgan fingerprint density at radius 2 is 2.38 bits per heavy atom. The zero-order valence-corrected chi connectivity index (χ0v) is 7.89. The molecule has 0 aliphatic heterocycles. The van der Waals surface area contributed by atoms with Crippen molar-refractivity contribution in [2.24, 2.45) is 0 Å². The highest BCUT2D eigenvalue weighted by Crippen LogP contribution is 2.18. The van der Waals surface area contributed by atoms with E-state index in [1.165, 1.54) is 10.7 Å². The van der Waals surface area contributed by atoms with Crippen molar-refractivity contribution < 1.29 is 9.90 Å². The fraction of sp³-hybridized carbons (Fsp3) is 0. The number of halogens is 1. The smallest absolute Gasteiger partial charge is 0.342 e. The largest absolute Gasteiger partial charge is 0.477 e. The minimum atomic E-state index is -1.04. The van der Waals surface area contributed by atoms with Gasteiger partial charge in [0, 0.05) is 12.4 Å². The monoisotopic (exact) mass is 241 g/mol. The van der Waals surface area contributed by atoms with Crippen LogP contribution in [0.2, 0.25) is 0 Å². The van der Waals surface area contributed by atoms with Gasteiger partial charge in [-0.25, -0.2) is 14.3 Å². The Morgan fingerprint density at radius 3 is 3.08 bits per heavy atom. The van der Waals surface area contributed by atoms with E-state index in [2.05, 4.69) is 26.0 Å². The summed E-state index contributed by atoms with van der Waals surface area (Å²) in [5.41, 5.74) is 0.419. The second kappa shape index (κ2) is 2.81. The van der Waals surface area contributed by atoms with Crippen LogP contribution in [0.3, 0.4) is 0 Å². The quantitative estimate of drug-likeness (QED) is 0.815. The summed E-state index contributed by atoms with van der Waals surface area (Å²) in [6, 6.07) is 1.68. The summed E-state index contributed by atoms with van der Waals surface area (Å²) in [6.45, 7) is 0. The lowest BCUT2D eigenvalue weighted by atomic mass is 10.3. The number of fused-ring (bicyclic) bond motifs is 1. The lowest BCUT2D eigenvalue weighted by Crippen LogP contribution is -1.97. The zero-order valence-electron chi connectivity index (χ0n) is 6.31. The van der Waals surface area contributed by atoms with Gasteiger partial charge in [-0.15, -0.1) is 0 Å². The summed E-state index contributed by atoms with van der Waals surface area (Å²) in [5, 5.41) is 12.8. The molecule has 13 heavy (non-hydrogen) atoms. The summed E-state index contributed by atoms with van der Waals surface area (Å²) in [5.74, 6) is -1.04. The zero-order chi connectivity index (χ0) is 9.42. The topological polar surface area (TPSA) is 67.5 Å². The normalized spacial score (nSPS) is 10.5. The Morgan fingerprint density at radius 1 is 1.62 bits per heavy atom. The molecule has 0 amide bonds. The van der Waals surface area contributed by atoms with Gasteiger partial charge in [-0.05, 0) is 22.0 Å². The van der Waals surface area contributed by atoms with Crippen LogP contribution in [0.5, 0.6) is 0 Å². The fourth-order valence-corrected chi connectivity index (χ4v) is 1.56. The predicted octanol–water partition coefficient (Wildman–Crippen LogP) is 1.19. The third-order valence-corrected chi connectivity index (χ3v) is 2.12. The summed E-state index contributed by atoms with van der Waals surface area (Å²) in [4.78, 5) is 14.7. The number of nitrogens with zero attached hydrogens (tertiary/aromatic N) is 3. The van der Waals surface area contributed by atoms with Gasteiger partial charge >= 0.3 is 5.97 Å². The highest BCUT2D eigenvalue weighted by Gasteiger charge is 2.17. The number of carboxylic acid groups (broad SMARTS) is 1. The van der Waals surface area contributed by atoms with E-state index in [-0.39, 0.29) is 5.56 Å². The van der Waals surface area contributed by atoms with Gasteiger partial charge in [-0.2, -0.15) is 5.10 Å². The maximum absolute atomic E-state index is 10.8. The van der Waals surface area contributed by atoms with Gasteiger partial charge in [-0.1, -0.05) is 0 Å². The lowest BCUT2D eigenvalue weighted by Gasteiger charge is -1.90. The molecule has 0 bridgehead atoms. The molecule has 66 valence electrons. The van der Waals surface area contributed by atoms with Crippen LogP contribution in [0.1, 0.15) is 10.4 Å². The Labute approximate surface area is 81.1 Å². The van der Waals surface area contributed by atoms with Crippen LogP contribution < -0.4 is 0 Å². The molecule has 0 saturated heterocycles. The Balaban J connectivity index is 2.86. The van der Waals surface area contributed by atoms with E-state index in [1.807, 2.05) is 0 Å². The van der Waals surface area contributed by atoms with Crippen LogP contribution in [0.25, 0.3) is 5.65 Å². The van der Waals surface area contributed by atoms with E-state index >= 15 is 0 Å². The fourth-order valence-electron chi connectivity index (χ4n) is 1.04. The molecule has 0 spiro atoms. The molecule has 2 aromatic heterocycles. The molecule has 6 heteroatoms. The maximum atomic E-state index is 10.8. The van der Waals surface area contributed by atoms with Gasteiger partial charge in [0.15, 0.2) is 5.65 Å². The third-order valence-electron chi connectivity index (χ3n) is 1.57. The Bertz CT molecular complexity index is 480. The molecular formula is C7H4BrN3O2. The van der Waals surface area contributed by atoms with E-state index in [0.29, 0.717) is 10.3 Å². The molecule has 2 aromatic rings. The average molecular weight is 242 g/mol. The Hall–Kier alpha value is -1.43. The number of carbonyl (C=O) groups is 1. The van der Waals surface area contributed by atoms with Crippen molar-refractivity contribution in [2.75, 3.05) is 0 Å². The van der Waals surface area contributed by atoms with Gasteiger partial charge in [-0.3, -0.25) is 0 Å². The summed E-state index contributed by atoms with van der Waals surface area (Å²) in [6.07, 6.45) is 3.16. The van der Waals surface area contributed by atoms with Gasteiger partial charge in [0.2, 0.25) is 0 Å². The predicted molar refractivity (Wildman–Crippen MR) is 47.6 cm³/mol. The molecule has 5 nitrogen and oxygen atoms in total. The number of rotatable bonds is 1. The van der Waals surface area contributed by atoms with Crippen molar-refractivity contribution in [3.63, 3.8) is 0 Å². The molecule has 0 fully saturated rings.